The smallest absolute Gasteiger partial charge is 0.243 e. The summed E-state index contributed by atoms with van der Waals surface area (Å²) in [7, 11) is -3.44. The summed E-state index contributed by atoms with van der Waals surface area (Å²) in [5, 5.41) is 2.97. The van der Waals surface area contributed by atoms with Crippen molar-refractivity contribution in [2.24, 2.45) is 5.92 Å². The van der Waals surface area contributed by atoms with E-state index in [0.717, 1.165) is 5.56 Å². The Labute approximate surface area is 143 Å². The van der Waals surface area contributed by atoms with Gasteiger partial charge in [-0.2, -0.15) is 4.31 Å². The number of allylic oxidation sites excluding steroid dienone is 1. The first-order valence-electron chi connectivity index (χ1n) is 8.50. The van der Waals surface area contributed by atoms with E-state index in [2.05, 4.69) is 5.32 Å². The zero-order chi connectivity index (χ0) is 17.2. The van der Waals surface area contributed by atoms with E-state index in [-0.39, 0.29) is 11.9 Å². The molecule has 0 radical (unpaired) electrons. The average molecular weight is 348 g/mol. The minimum Gasteiger partial charge on any atom is -0.350 e. The highest BCUT2D eigenvalue weighted by Crippen LogP contribution is 2.29. The fraction of sp³-hybridized carbons (Fsp3) is 0.500. The molecule has 0 unspecified atom stereocenters. The molecule has 1 saturated heterocycles. The van der Waals surface area contributed by atoms with Gasteiger partial charge in [0.1, 0.15) is 0 Å². The number of carbonyl (C=O) groups excluding carboxylic acids is 1. The first kappa shape index (κ1) is 17.2. The van der Waals surface area contributed by atoms with Gasteiger partial charge in [0.25, 0.3) is 0 Å². The molecule has 130 valence electrons. The van der Waals surface area contributed by atoms with E-state index in [4.69, 9.17) is 0 Å². The summed E-state index contributed by atoms with van der Waals surface area (Å²) >= 11 is 0. The van der Waals surface area contributed by atoms with E-state index in [1.54, 1.807) is 18.2 Å². The topological polar surface area (TPSA) is 66.5 Å². The molecule has 2 aliphatic rings. The quantitative estimate of drug-likeness (QED) is 0.830. The average Bonchev–Trinajstić information content (AvgIpc) is 3.38. The molecule has 1 N–H and O–H groups in total. The summed E-state index contributed by atoms with van der Waals surface area (Å²) in [5.41, 5.74) is 1.04. The molecule has 1 aliphatic carbocycles. The Balaban J connectivity index is 1.54. The van der Waals surface area contributed by atoms with E-state index in [9.17, 15) is 13.2 Å². The number of sulfonamides is 1. The standard InChI is InChI=1S/C18H24N2O3S/c1-14-2-7-17(8-3-14)24(22,23)20-12-10-16(11-13-20)19-18(21)9-6-15-4-5-15/h2-3,6-9,15-16H,4-5,10-13H2,1H3,(H,19,21). The van der Waals surface area contributed by atoms with Crippen LogP contribution in [0, 0.1) is 12.8 Å². The lowest BCUT2D eigenvalue weighted by atomic mass is 10.1. The van der Waals surface area contributed by atoms with Crippen molar-refractivity contribution in [2.45, 2.75) is 43.5 Å². The van der Waals surface area contributed by atoms with Crippen molar-refractivity contribution in [1.29, 1.82) is 0 Å². The van der Waals surface area contributed by atoms with Gasteiger partial charge in [-0.15, -0.1) is 0 Å². The van der Waals surface area contributed by atoms with Gasteiger partial charge in [-0.1, -0.05) is 23.8 Å². The molecule has 6 heteroatoms. The third kappa shape index (κ3) is 4.24. The Bertz CT molecular complexity index is 713. The fourth-order valence-electron chi connectivity index (χ4n) is 2.86. The first-order valence-corrected chi connectivity index (χ1v) is 9.95. The monoisotopic (exact) mass is 348 g/mol. The van der Waals surface area contributed by atoms with Crippen molar-refractivity contribution in [1.82, 2.24) is 9.62 Å². The molecule has 1 aromatic carbocycles. The molecule has 0 aromatic heterocycles. The number of benzene rings is 1. The SMILES string of the molecule is Cc1ccc(S(=O)(=O)N2CCC(NC(=O)C=CC3CC3)CC2)cc1. The van der Waals surface area contributed by atoms with Crippen molar-refractivity contribution in [3.63, 3.8) is 0 Å². The Hall–Kier alpha value is -1.66. The van der Waals surface area contributed by atoms with Gasteiger partial charge in [-0.25, -0.2) is 8.42 Å². The van der Waals surface area contributed by atoms with Crippen LogP contribution in [0.3, 0.4) is 0 Å². The highest BCUT2D eigenvalue weighted by Gasteiger charge is 2.29. The zero-order valence-corrected chi connectivity index (χ0v) is 14.8. The van der Waals surface area contributed by atoms with Crippen LogP contribution in [-0.2, 0) is 14.8 Å². The maximum atomic E-state index is 12.6. The second kappa shape index (κ2) is 7.07. The van der Waals surface area contributed by atoms with Gasteiger partial charge in [-0.05, 0) is 56.7 Å². The Morgan fingerprint density at radius 1 is 1.12 bits per heavy atom. The molecule has 1 amide bonds. The van der Waals surface area contributed by atoms with Crippen LogP contribution in [0.2, 0.25) is 0 Å². The van der Waals surface area contributed by atoms with Crippen molar-refractivity contribution in [3.8, 4) is 0 Å². The highest BCUT2D eigenvalue weighted by atomic mass is 32.2. The number of hydrogen-bond acceptors (Lipinski definition) is 3. The summed E-state index contributed by atoms with van der Waals surface area (Å²) in [6.07, 6.45) is 7.24. The minimum atomic E-state index is -3.44. The van der Waals surface area contributed by atoms with Crippen LogP contribution in [0.25, 0.3) is 0 Å². The first-order chi connectivity index (χ1) is 11.4. The summed E-state index contributed by atoms with van der Waals surface area (Å²) < 4.78 is 26.8. The Kier molecular flexibility index (Phi) is 5.06. The van der Waals surface area contributed by atoms with E-state index < -0.39 is 10.0 Å². The molecule has 1 aliphatic heterocycles. The van der Waals surface area contributed by atoms with Gasteiger partial charge < -0.3 is 5.32 Å². The third-order valence-corrected chi connectivity index (χ3v) is 6.51. The molecule has 0 spiro atoms. The van der Waals surface area contributed by atoms with Gasteiger partial charge in [0, 0.05) is 19.1 Å². The van der Waals surface area contributed by atoms with Crippen molar-refractivity contribution < 1.29 is 13.2 Å². The number of amides is 1. The predicted octanol–water partition coefficient (Wildman–Crippen LogP) is 2.23. The molecule has 2 fully saturated rings. The van der Waals surface area contributed by atoms with E-state index >= 15 is 0 Å². The van der Waals surface area contributed by atoms with E-state index in [1.165, 1.54) is 17.1 Å². The molecule has 5 nitrogen and oxygen atoms in total. The second-order valence-corrected chi connectivity index (χ2v) is 8.63. The second-order valence-electron chi connectivity index (χ2n) is 6.70. The van der Waals surface area contributed by atoms with E-state index in [0.29, 0.717) is 36.7 Å². The van der Waals surface area contributed by atoms with Gasteiger partial charge in [0.05, 0.1) is 4.90 Å². The number of hydrogen-bond donors (Lipinski definition) is 1. The lowest BCUT2D eigenvalue weighted by molar-refractivity contribution is -0.117. The summed E-state index contributed by atoms with van der Waals surface area (Å²) in [6.45, 7) is 2.81. The molecule has 1 aromatic rings. The van der Waals surface area contributed by atoms with Crippen molar-refractivity contribution >= 4 is 15.9 Å². The summed E-state index contributed by atoms with van der Waals surface area (Å²) in [5.74, 6) is 0.513. The molecule has 0 atom stereocenters. The number of nitrogens with one attached hydrogen (secondary N) is 1. The van der Waals surface area contributed by atoms with Crippen LogP contribution in [0.5, 0.6) is 0 Å². The molecule has 1 saturated carbocycles. The predicted molar refractivity (Wildman–Crippen MR) is 93.0 cm³/mol. The van der Waals surface area contributed by atoms with Gasteiger partial charge in [0.2, 0.25) is 15.9 Å². The van der Waals surface area contributed by atoms with Crippen LogP contribution < -0.4 is 5.32 Å². The van der Waals surface area contributed by atoms with Crippen LogP contribution in [-0.4, -0.2) is 37.8 Å². The molecular formula is C18H24N2O3S. The molecular weight excluding hydrogens is 324 g/mol. The third-order valence-electron chi connectivity index (χ3n) is 4.60. The number of aryl methyl sites for hydroxylation is 1. The lowest BCUT2D eigenvalue weighted by Gasteiger charge is -2.31. The lowest BCUT2D eigenvalue weighted by Crippen LogP contribution is -2.46. The zero-order valence-electron chi connectivity index (χ0n) is 13.9. The number of rotatable bonds is 5. The molecule has 0 bridgehead atoms. The van der Waals surface area contributed by atoms with Crippen LogP contribution in [0.15, 0.2) is 41.3 Å². The molecule has 24 heavy (non-hydrogen) atoms. The molecule has 1 heterocycles. The van der Waals surface area contributed by atoms with Crippen LogP contribution >= 0.6 is 0 Å². The maximum absolute atomic E-state index is 12.6. The Morgan fingerprint density at radius 3 is 2.33 bits per heavy atom. The normalized spacial score (nSPS) is 20.4. The molecule has 3 rings (SSSR count). The minimum absolute atomic E-state index is 0.0471. The fourth-order valence-corrected chi connectivity index (χ4v) is 4.33. The largest absolute Gasteiger partial charge is 0.350 e. The van der Waals surface area contributed by atoms with Crippen LogP contribution in [0.4, 0.5) is 0 Å². The highest BCUT2D eigenvalue weighted by molar-refractivity contribution is 7.89. The number of piperidine rings is 1. The summed E-state index contributed by atoms with van der Waals surface area (Å²) in [6, 6.07) is 6.98. The Morgan fingerprint density at radius 2 is 1.75 bits per heavy atom. The maximum Gasteiger partial charge on any atom is 0.243 e. The van der Waals surface area contributed by atoms with Crippen molar-refractivity contribution in [3.05, 3.63) is 42.0 Å². The van der Waals surface area contributed by atoms with Gasteiger partial charge in [-0.3, -0.25) is 4.79 Å². The van der Waals surface area contributed by atoms with Gasteiger partial charge in [0.15, 0.2) is 0 Å². The number of carbonyl (C=O) groups is 1. The van der Waals surface area contributed by atoms with E-state index in [1.807, 2.05) is 25.1 Å². The van der Waals surface area contributed by atoms with Crippen LogP contribution in [0.1, 0.15) is 31.2 Å². The van der Waals surface area contributed by atoms with Gasteiger partial charge >= 0.3 is 0 Å². The summed E-state index contributed by atoms with van der Waals surface area (Å²) in [4.78, 5) is 12.2. The number of nitrogens with zero attached hydrogens (tertiary/aromatic N) is 1. The van der Waals surface area contributed by atoms with Crippen molar-refractivity contribution in [2.75, 3.05) is 13.1 Å².